The summed E-state index contributed by atoms with van der Waals surface area (Å²) >= 11 is 0. The van der Waals surface area contributed by atoms with E-state index in [0.717, 1.165) is 42.5 Å². The molecule has 6 rings (SSSR count). The fourth-order valence-corrected chi connectivity index (χ4v) is 10.3. The predicted octanol–water partition coefficient (Wildman–Crippen LogP) is 5.66. The van der Waals surface area contributed by atoms with Crippen molar-refractivity contribution in [3.63, 3.8) is 0 Å². The minimum Gasteiger partial charge on any atom is -0.459 e. The number of aromatic nitrogens is 3. The van der Waals surface area contributed by atoms with E-state index in [1.54, 1.807) is 32.9 Å². The van der Waals surface area contributed by atoms with Crippen LogP contribution in [0, 0.1) is 23.7 Å². The molecule has 2 bridgehead atoms. The number of unbranched alkanes of at least 4 members (excludes halogenated alkanes) is 3. The second kappa shape index (κ2) is 23.4. The van der Waals surface area contributed by atoms with Crippen LogP contribution in [0.25, 0.3) is 11.3 Å². The summed E-state index contributed by atoms with van der Waals surface area (Å²) in [4.78, 5) is 69.1. The summed E-state index contributed by atoms with van der Waals surface area (Å²) in [5, 5.41) is 34.4. The van der Waals surface area contributed by atoms with Crippen molar-refractivity contribution < 1.29 is 57.9 Å². The Labute approximate surface area is 411 Å². The van der Waals surface area contributed by atoms with Crippen LogP contribution in [0.2, 0.25) is 0 Å². The van der Waals surface area contributed by atoms with Gasteiger partial charge in [-0.3, -0.25) is 33.6 Å². The van der Waals surface area contributed by atoms with Crippen molar-refractivity contribution in [1.82, 2.24) is 19.9 Å². The minimum absolute atomic E-state index is 0.0354. The summed E-state index contributed by atoms with van der Waals surface area (Å²) in [5.74, 6) is -6.46. The molecule has 3 aliphatic rings. The number of para-hydroxylation sites is 2. The number of fused-ring (bicyclic) bond motifs is 2. The number of anilines is 2. The molecule has 1 amide bonds. The maximum atomic E-state index is 14.3. The number of carbonyl (C=O) groups is 5. The Balaban J connectivity index is 1.11. The summed E-state index contributed by atoms with van der Waals surface area (Å²) in [6.07, 6.45) is 0.139. The molecule has 3 saturated heterocycles. The summed E-state index contributed by atoms with van der Waals surface area (Å²) in [6, 6.07) is 14.8. The van der Waals surface area contributed by atoms with Gasteiger partial charge in [-0.1, -0.05) is 75.2 Å². The van der Waals surface area contributed by atoms with E-state index in [1.807, 2.05) is 61.2 Å². The number of ether oxygens (including phenoxy) is 5. The van der Waals surface area contributed by atoms with Gasteiger partial charge in [-0.15, -0.1) is 5.10 Å². The number of aliphatic hydroxyl groups is 2. The largest absolute Gasteiger partial charge is 0.459 e. The van der Waals surface area contributed by atoms with E-state index in [1.165, 1.54) is 27.7 Å². The summed E-state index contributed by atoms with van der Waals surface area (Å²) in [6.45, 7) is 13.7. The third kappa shape index (κ3) is 12.9. The van der Waals surface area contributed by atoms with Gasteiger partial charge in [0.2, 0.25) is 5.91 Å². The van der Waals surface area contributed by atoms with Crippen LogP contribution in [0.4, 0.5) is 11.4 Å². The number of hydrogen-bond donors (Lipinski definition) is 4. The number of cyclic esters (lactones) is 1. The number of nitrogens with one attached hydrogen (secondary N) is 1. The van der Waals surface area contributed by atoms with Gasteiger partial charge < -0.3 is 44.9 Å². The molecule has 5 N–H and O–H groups in total. The van der Waals surface area contributed by atoms with E-state index >= 15 is 0 Å². The van der Waals surface area contributed by atoms with Gasteiger partial charge in [0.05, 0.1) is 54.1 Å². The zero-order chi connectivity index (χ0) is 51.1. The number of likely N-dealkylation sites (N-methyl/N-ethyl adjacent to an activating group) is 1. The molecule has 2 aromatic carbocycles. The SMILES string of the molecule is CC[C@H]1OC(=O)[C@H](C)C(=O)[C@H](C)[C@@H](O[C@@H]2O[C@H](C)C[C@H](N(C)Cc3ccc(-c4cn(CCCCCCC(=O)Nc5ccccc5N)nn4)cc3)[C@H]2OC(C)=O)[C@@]2(C)C[C@@H](CO2)C(=O)[C@H](C)[C@@H](O)[C@]1(C)O. The van der Waals surface area contributed by atoms with Crippen LogP contribution in [0.5, 0.6) is 0 Å². The van der Waals surface area contributed by atoms with Crippen LogP contribution in [-0.4, -0.2) is 127 Å². The van der Waals surface area contributed by atoms with Gasteiger partial charge in [-0.2, -0.15) is 0 Å². The number of carbonyl (C=O) groups excluding carboxylic acids is 5. The lowest BCUT2D eigenvalue weighted by atomic mass is 9.75. The number of hydrogen-bond acceptors (Lipinski definition) is 16. The fourth-order valence-electron chi connectivity index (χ4n) is 10.3. The van der Waals surface area contributed by atoms with Crippen molar-refractivity contribution in [3.8, 4) is 11.3 Å². The second-order valence-electron chi connectivity index (χ2n) is 20.2. The van der Waals surface area contributed by atoms with E-state index in [9.17, 15) is 34.2 Å². The zero-order valence-corrected chi connectivity index (χ0v) is 42.2. The Bertz CT molecular complexity index is 2290. The van der Waals surface area contributed by atoms with Gasteiger partial charge in [-0.05, 0) is 84.5 Å². The van der Waals surface area contributed by atoms with E-state index in [-0.39, 0.29) is 37.2 Å². The highest BCUT2D eigenvalue weighted by Gasteiger charge is 2.55. The molecule has 70 heavy (non-hydrogen) atoms. The standard InChI is InChI=1S/C52H74N6O12/c1-10-42-52(8,65)47(63)31(3)45(62)37-26-51(7,66-29-37)48(32(4)44(61)33(5)49(64)69-42)70-50-46(68-34(6)59)41(25-30(2)67-50)57(9)27-35-20-22-36(23-21-35)40-28-58(56-55-40)24-16-12-11-13-19-43(60)54-39-18-15-14-17-38(39)53/h14-15,17-18,20-23,28,30-33,37,41-42,46-48,50,63,65H,10-13,16,19,24-27,29,53H2,1-9H3,(H,54,60)/t30-,31+,32+,33-,37+,41+,42-,46-,47-,48-,50+,51-,52-/m1/s1. The number of nitrogens with zero attached hydrogens (tertiary/aromatic N) is 4. The number of aliphatic hydroxyl groups excluding tert-OH is 1. The summed E-state index contributed by atoms with van der Waals surface area (Å²) < 4.78 is 33.2. The number of esters is 2. The number of nitrogen functional groups attached to an aromatic ring is 1. The van der Waals surface area contributed by atoms with Crippen molar-refractivity contribution in [1.29, 1.82) is 0 Å². The molecule has 0 saturated carbocycles. The first kappa shape index (κ1) is 54.2. The number of Topliss-reactive ketones (excluding diaryl/α,β-unsaturated/α-hetero) is 2. The molecule has 0 spiro atoms. The average molecular weight is 975 g/mol. The Hall–Kier alpha value is -5.11. The fraction of sp³-hybridized carbons (Fsp3) is 0.635. The first-order chi connectivity index (χ1) is 33.1. The lowest BCUT2D eigenvalue weighted by Gasteiger charge is -2.47. The molecule has 4 heterocycles. The zero-order valence-electron chi connectivity index (χ0n) is 42.2. The Morgan fingerprint density at radius 2 is 1.69 bits per heavy atom. The van der Waals surface area contributed by atoms with Gasteiger partial charge in [0, 0.05) is 49.8 Å². The average Bonchev–Trinajstić information content (AvgIpc) is 3.98. The van der Waals surface area contributed by atoms with Gasteiger partial charge in [0.25, 0.3) is 0 Å². The monoisotopic (exact) mass is 975 g/mol. The maximum Gasteiger partial charge on any atom is 0.316 e. The normalized spacial score (nSPS) is 32.1. The third-order valence-electron chi connectivity index (χ3n) is 14.5. The summed E-state index contributed by atoms with van der Waals surface area (Å²) in [5.41, 5.74) is 6.46. The molecule has 3 aliphatic heterocycles. The van der Waals surface area contributed by atoms with Gasteiger partial charge >= 0.3 is 11.9 Å². The van der Waals surface area contributed by atoms with Crippen LogP contribution in [0.15, 0.2) is 54.7 Å². The third-order valence-corrected chi connectivity index (χ3v) is 14.5. The van der Waals surface area contributed by atoms with Crippen LogP contribution < -0.4 is 11.1 Å². The smallest absolute Gasteiger partial charge is 0.316 e. The van der Waals surface area contributed by atoms with Crippen LogP contribution in [-0.2, 0) is 60.7 Å². The highest BCUT2D eigenvalue weighted by molar-refractivity contribution is 6.00. The molecular formula is C52H74N6O12. The predicted molar refractivity (Wildman–Crippen MR) is 259 cm³/mol. The van der Waals surface area contributed by atoms with Crippen LogP contribution >= 0.6 is 0 Å². The van der Waals surface area contributed by atoms with Crippen molar-refractivity contribution in [3.05, 3.63) is 60.3 Å². The Kier molecular flexibility index (Phi) is 18.1. The van der Waals surface area contributed by atoms with E-state index in [4.69, 9.17) is 29.4 Å². The molecule has 3 aromatic rings. The number of nitrogens with two attached hydrogens (primary N) is 1. The van der Waals surface area contributed by atoms with Gasteiger partial charge in [-0.25, -0.2) is 0 Å². The molecule has 3 fully saturated rings. The van der Waals surface area contributed by atoms with Gasteiger partial charge in [0.15, 0.2) is 18.2 Å². The van der Waals surface area contributed by atoms with Gasteiger partial charge in [0.1, 0.15) is 29.1 Å². The Morgan fingerprint density at radius 1 is 0.986 bits per heavy atom. The molecule has 13 atom stereocenters. The number of rotatable bonds is 16. The number of ketones is 2. The van der Waals surface area contributed by atoms with E-state index < -0.39 is 89.3 Å². The summed E-state index contributed by atoms with van der Waals surface area (Å²) in [7, 11) is 1.93. The van der Waals surface area contributed by atoms with Crippen molar-refractivity contribution >= 4 is 40.8 Å². The highest BCUT2D eigenvalue weighted by Crippen LogP contribution is 2.43. The van der Waals surface area contributed by atoms with Crippen LogP contribution in [0.1, 0.15) is 112 Å². The number of amides is 1. The molecule has 0 unspecified atom stereocenters. The topological polar surface area (TPSA) is 244 Å². The minimum atomic E-state index is -1.99. The molecule has 18 nitrogen and oxygen atoms in total. The van der Waals surface area contributed by atoms with Crippen molar-refractivity contribution in [2.24, 2.45) is 23.7 Å². The molecule has 384 valence electrons. The van der Waals surface area contributed by atoms with Crippen LogP contribution in [0.3, 0.4) is 0 Å². The number of aryl methyl sites for hydroxylation is 1. The molecule has 0 aliphatic carbocycles. The van der Waals surface area contributed by atoms with E-state index in [2.05, 4.69) is 20.5 Å². The molecule has 18 heteroatoms. The lowest BCUT2D eigenvalue weighted by molar-refractivity contribution is -0.296. The van der Waals surface area contributed by atoms with Crippen molar-refractivity contribution in [2.45, 2.75) is 174 Å². The quantitative estimate of drug-likeness (QED) is 0.0586. The first-order valence-electron chi connectivity index (χ1n) is 24.8. The molecule has 1 aromatic heterocycles. The second-order valence-corrected chi connectivity index (χ2v) is 20.2. The van der Waals surface area contributed by atoms with E-state index in [0.29, 0.717) is 37.3 Å². The number of benzene rings is 2. The highest BCUT2D eigenvalue weighted by atomic mass is 16.7. The molecule has 0 radical (unpaired) electrons. The molecular weight excluding hydrogens is 901 g/mol. The maximum absolute atomic E-state index is 14.3. The first-order valence-corrected chi connectivity index (χ1v) is 24.8. The van der Waals surface area contributed by atoms with Crippen molar-refractivity contribution in [2.75, 3.05) is 24.7 Å². The lowest BCUT2D eigenvalue weighted by Crippen LogP contribution is -2.60. The Morgan fingerprint density at radius 3 is 2.37 bits per heavy atom.